The second kappa shape index (κ2) is 5.11. The Morgan fingerprint density at radius 2 is 2.06 bits per heavy atom. The molecule has 16 heavy (non-hydrogen) atoms. The highest BCUT2D eigenvalue weighted by Gasteiger charge is 2.29. The molecule has 1 aliphatic rings. The maximum Gasteiger partial charge on any atom is 0.227 e. The SMILES string of the molecule is CN(C)C(=O)[C@H]1CNCCN(S(C)(=O)=O)C1. The van der Waals surface area contributed by atoms with Crippen LogP contribution in [-0.4, -0.2) is 70.1 Å². The zero-order valence-electron chi connectivity index (χ0n) is 9.93. The number of carbonyl (C=O) groups excluding carboxylic acids is 1. The van der Waals surface area contributed by atoms with Crippen molar-refractivity contribution < 1.29 is 13.2 Å². The number of hydrogen-bond donors (Lipinski definition) is 1. The molecule has 0 radical (unpaired) electrons. The summed E-state index contributed by atoms with van der Waals surface area (Å²) in [5, 5.41) is 3.08. The summed E-state index contributed by atoms with van der Waals surface area (Å²) in [6, 6.07) is 0. The molecule has 0 saturated carbocycles. The molecule has 0 aromatic heterocycles. The summed E-state index contributed by atoms with van der Waals surface area (Å²) in [5.74, 6) is -0.338. The van der Waals surface area contributed by atoms with Gasteiger partial charge in [-0.2, -0.15) is 0 Å². The number of amides is 1. The van der Waals surface area contributed by atoms with Crippen LogP contribution in [0.1, 0.15) is 0 Å². The van der Waals surface area contributed by atoms with Crippen LogP contribution in [0.2, 0.25) is 0 Å². The minimum Gasteiger partial charge on any atom is -0.348 e. The van der Waals surface area contributed by atoms with Gasteiger partial charge in [-0.3, -0.25) is 4.79 Å². The predicted molar refractivity (Wildman–Crippen MR) is 61.5 cm³/mol. The van der Waals surface area contributed by atoms with E-state index >= 15 is 0 Å². The van der Waals surface area contributed by atoms with E-state index in [2.05, 4.69) is 5.32 Å². The van der Waals surface area contributed by atoms with E-state index in [1.807, 2.05) is 0 Å². The van der Waals surface area contributed by atoms with E-state index in [9.17, 15) is 13.2 Å². The minimum absolute atomic E-state index is 0.0388. The molecule has 1 atom stereocenters. The first-order valence-electron chi connectivity index (χ1n) is 5.19. The molecule has 1 heterocycles. The van der Waals surface area contributed by atoms with Crippen LogP contribution in [0, 0.1) is 5.92 Å². The molecule has 0 unspecified atom stereocenters. The number of sulfonamides is 1. The molecule has 0 aromatic rings. The monoisotopic (exact) mass is 249 g/mol. The Morgan fingerprint density at radius 1 is 1.44 bits per heavy atom. The van der Waals surface area contributed by atoms with E-state index in [-0.39, 0.29) is 18.4 Å². The standard InChI is InChI=1S/C9H19N3O3S/c1-11(2)9(13)8-6-10-4-5-12(7-8)16(3,14)15/h8,10H,4-7H2,1-3H3/t8-/m0/s1. The van der Waals surface area contributed by atoms with Crippen LogP contribution < -0.4 is 5.32 Å². The van der Waals surface area contributed by atoms with Crippen molar-refractivity contribution in [2.75, 3.05) is 46.5 Å². The lowest BCUT2D eigenvalue weighted by atomic mass is 10.1. The van der Waals surface area contributed by atoms with Crippen molar-refractivity contribution in [2.24, 2.45) is 5.92 Å². The van der Waals surface area contributed by atoms with Crippen molar-refractivity contribution in [3.8, 4) is 0 Å². The number of nitrogens with one attached hydrogen (secondary N) is 1. The topological polar surface area (TPSA) is 69.7 Å². The maximum atomic E-state index is 11.8. The fraction of sp³-hybridized carbons (Fsp3) is 0.889. The van der Waals surface area contributed by atoms with E-state index < -0.39 is 10.0 Å². The van der Waals surface area contributed by atoms with E-state index in [1.54, 1.807) is 14.1 Å². The molecule has 1 rings (SSSR count). The first-order chi connectivity index (χ1) is 7.32. The summed E-state index contributed by atoms with van der Waals surface area (Å²) < 4.78 is 24.3. The Balaban J connectivity index is 2.77. The number of hydrogen-bond acceptors (Lipinski definition) is 4. The summed E-state index contributed by atoms with van der Waals surface area (Å²) >= 11 is 0. The Hall–Kier alpha value is -0.660. The minimum atomic E-state index is -3.22. The Bertz CT molecular complexity index is 353. The fourth-order valence-electron chi connectivity index (χ4n) is 1.71. The number of carbonyl (C=O) groups is 1. The van der Waals surface area contributed by atoms with Crippen LogP contribution in [0.25, 0.3) is 0 Å². The molecule has 1 amide bonds. The van der Waals surface area contributed by atoms with Crippen LogP contribution in [0.5, 0.6) is 0 Å². The third-order valence-corrected chi connectivity index (χ3v) is 3.88. The van der Waals surface area contributed by atoms with Crippen molar-refractivity contribution >= 4 is 15.9 Å². The van der Waals surface area contributed by atoms with Crippen LogP contribution >= 0.6 is 0 Å². The van der Waals surface area contributed by atoms with Crippen LogP contribution in [0.15, 0.2) is 0 Å². The molecule has 6 nitrogen and oxygen atoms in total. The highest BCUT2D eigenvalue weighted by molar-refractivity contribution is 7.88. The lowest BCUT2D eigenvalue weighted by Crippen LogP contribution is -2.41. The summed E-state index contributed by atoms with van der Waals surface area (Å²) in [5.41, 5.74) is 0. The van der Waals surface area contributed by atoms with Gasteiger partial charge >= 0.3 is 0 Å². The van der Waals surface area contributed by atoms with Gasteiger partial charge in [-0.1, -0.05) is 0 Å². The van der Waals surface area contributed by atoms with Gasteiger partial charge in [-0.25, -0.2) is 12.7 Å². The molecule has 1 fully saturated rings. The van der Waals surface area contributed by atoms with Gasteiger partial charge in [0.1, 0.15) is 0 Å². The highest BCUT2D eigenvalue weighted by atomic mass is 32.2. The fourth-order valence-corrected chi connectivity index (χ4v) is 2.59. The molecule has 1 N–H and O–H groups in total. The van der Waals surface area contributed by atoms with Gasteiger partial charge in [0.15, 0.2) is 0 Å². The normalized spacial score (nSPS) is 23.8. The lowest BCUT2D eigenvalue weighted by molar-refractivity contribution is -0.132. The number of rotatable bonds is 2. The van der Waals surface area contributed by atoms with Crippen molar-refractivity contribution in [2.45, 2.75) is 0 Å². The Labute approximate surface area is 96.6 Å². The molecule has 0 aromatic carbocycles. The highest BCUT2D eigenvalue weighted by Crippen LogP contribution is 2.09. The van der Waals surface area contributed by atoms with Gasteiger partial charge < -0.3 is 10.2 Å². The summed E-state index contributed by atoms with van der Waals surface area (Å²) in [6.45, 7) is 1.81. The van der Waals surface area contributed by atoms with Crippen LogP contribution in [0.3, 0.4) is 0 Å². The third kappa shape index (κ3) is 3.43. The number of nitrogens with zero attached hydrogens (tertiary/aromatic N) is 2. The average Bonchev–Trinajstić information content (AvgIpc) is 2.40. The van der Waals surface area contributed by atoms with E-state index in [0.29, 0.717) is 19.6 Å². The first-order valence-corrected chi connectivity index (χ1v) is 7.04. The zero-order valence-corrected chi connectivity index (χ0v) is 10.7. The van der Waals surface area contributed by atoms with Gasteiger partial charge in [-0.15, -0.1) is 0 Å². The second-order valence-electron chi connectivity index (χ2n) is 4.25. The molecule has 94 valence electrons. The van der Waals surface area contributed by atoms with Crippen molar-refractivity contribution in [1.29, 1.82) is 0 Å². The molecule has 0 aliphatic carbocycles. The van der Waals surface area contributed by atoms with Crippen molar-refractivity contribution in [3.63, 3.8) is 0 Å². The van der Waals surface area contributed by atoms with Gasteiger partial charge in [-0.05, 0) is 0 Å². The van der Waals surface area contributed by atoms with Crippen LogP contribution in [-0.2, 0) is 14.8 Å². The quantitative estimate of drug-likeness (QED) is 0.650. The molecular weight excluding hydrogens is 230 g/mol. The predicted octanol–water partition coefficient (Wildman–Crippen LogP) is -1.44. The smallest absolute Gasteiger partial charge is 0.227 e. The molecule has 0 spiro atoms. The first kappa shape index (κ1) is 13.4. The lowest BCUT2D eigenvalue weighted by Gasteiger charge is -2.23. The second-order valence-corrected chi connectivity index (χ2v) is 6.24. The largest absolute Gasteiger partial charge is 0.348 e. The van der Waals surface area contributed by atoms with Crippen molar-refractivity contribution in [1.82, 2.24) is 14.5 Å². The zero-order chi connectivity index (χ0) is 12.3. The molecular formula is C9H19N3O3S. The molecule has 1 aliphatic heterocycles. The van der Waals surface area contributed by atoms with E-state index in [0.717, 1.165) is 0 Å². The molecule has 7 heteroatoms. The Morgan fingerprint density at radius 3 is 2.56 bits per heavy atom. The third-order valence-electron chi connectivity index (χ3n) is 2.61. The molecule has 0 bridgehead atoms. The van der Waals surface area contributed by atoms with Gasteiger partial charge in [0, 0.05) is 40.3 Å². The van der Waals surface area contributed by atoms with Gasteiger partial charge in [0.25, 0.3) is 0 Å². The van der Waals surface area contributed by atoms with Gasteiger partial charge in [0.2, 0.25) is 15.9 Å². The maximum absolute atomic E-state index is 11.8. The average molecular weight is 249 g/mol. The van der Waals surface area contributed by atoms with Crippen LogP contribution in [0.4, 0.5) is 0 Å². The summed E-state index contributed by atoms with van der Waals surface area (Å²) in [7, 11) is 0.138. The van der Waals surface area contributed by atoms with Gasteiger partial charge in [0.05, 0.1) is 12.2 Å². The summed E-state index contributed by atoms with van der Waals surface area (Å²) in [6.07, 6.45) is 1.18. The summed E-state index contributed by atoms with van der Waals surface area (Å²) in [4.78, 5) is 13.3. The van der Waals surface area contributed by atoms with E-state index in [4.69, 9.17) is 0 Å². The van der Waals surface area contributed by atoms with E-state index in [1.165, 1.54) is 15.5 Å². The van der Waals surface area contributed by atoms with Crippen molar-refractivity contribution in [3.05, 3.63) is 0 Å². The molecule has 1 saturated heterocycles. The Kier molecular flexibility index (Phi) is 4.28.